The predicted octanol–water partition coefficient (Wildman–Crippen LogP) is 1.21. The molecule has 1 aliphatic carbocycles. The van der Waals surface area contributed by atoms with Crippen molar-refractivity contribution in [1.82, 2.24) is 0 Å². The molecule has 0 aromatic heterocycles. The van der Waals surface area contributed by atoms with E-state index >= 15 is 0 Å². The smallest absolute Gasteiger partial charge is 0.332 e. The van der Waals surface area contributed by atoms with Crippen LogP contribution in [0.3, 0.4) is 0 Å². The van der Waals surface area contributed by atoms with Crippen LogP contribution < -0.4 is 0 Å². The number of rotatable bonds is 4. The lowest BCUT2D eigenvalue weighted by Gasteiger charge is -2.34. The zero-order valence-electron chi connectivity index (χ0n) is 11.8. The van der Waals surface area contributed by atoms with Gasteiger partial charge in [-0.3, -0.25) is 0 Å². The normalized spacial score (nSPS) is 32.8. The topological polar surface area (TPSA) is 85.2 Å². The highest BCUT2D eigenvalue weighted by atomic mass is 16.8. The molecule has 21 heavy (non-hydrogen) atoms. The Morgan fingerprint density at radius 1 is 1.29 bits per heavy atom. The summed E-state index contributed by atoms with van der Waals surface area (Å²) in [5, 5.41) is 18.8. The Balaban J connectivity index is 1.78. The summed E-state index contributed by atoms with van der Waals surface area (Å²) in [6, 6.07) is 0. The molecule has 2 N–H and O–H groups in total. The Kier molecular flexibility index (Phi) is 4.40. The van der Waals surface area contributed by atoms with Gasteiger partial charge in [0.05, 0.1) is 13.2 Å². The minimum Gasteiger partial charge on any atom is -0.478 e. The first-order valence-corrected chi connectivity index (χ1v) is 7.38. The van der Waals surface area contributed by atoms with Gasteiger partial charge >= 0.3 is 5.97 Å². The molecule has 2 saturated heterocycles. The van der Waals surface area contributed by atoms with Crippen molar-refractivity contribution in [3.8, 4) is 0 Å². The van der Waals surface area contributed by atoms with E-state index in [1.54, 1.807) is 6.08 Å². The van der Waals surface area contributed by atoms with Crippen molar-refractivity contribution in [1.29, 1.82) is 0 Å². The Labute approximate surface area is 123 Å². The molecule has 2 aliphatic heterocycles. The second-order valence-electron chi connectivity index (χ2n) is 5.52. The van der Waals surface area contributed by atoms with Crippen molar-refractivity contribution in [2.75, 3.05) is 19.8 Å². The third-order valence-electron chi connectivity index (χ3n) is 4.21. The molecule has 0 amide bonds. The fourth-order valence-corrected chi connectivity index (χ4v) is 3.19. The van der Waals surface area contributed by atoms with Gasteiger partial charge in [0.15, 0.2) is 12.6 Å². The second-order valence-corrected chi connectivity index (χ2v) is 5.52. The number of hydrogen-bond donors (Lipinski definition) is 2. The third-order valence-corrected chi connectivity index (χ3v) is 4.21. The van der Waals surface area contributed by atoms with Gasteiger partial charge in [0.1, 0.15) is 0 Å². The number of aliphatic hydroxyl groups excluding tert-OH is 1. The Hall–Kier alpha value is -1.21. The largest absolute Gasteiger partial charge is 0.478 e. The minimum absolute atomic E-state index is 0.211. The Morgan fingerprint density at radius 3 is 2.81 bits per heavy atom. The van der Waals surface area contributed by atoms with E-state index in [-0.39, 0.29) is 18.8 Å². The number of aliphatic carboxylic acids is 1. The molecule has 0 bridgehead atoms. The average Bonchev–Trinajstić information content (AvgIpc) is 2.88. The third kappa shape index (κ3) is 2.89. The SMILES string of the molecule is O=C(O)C1=CC(CO)=C2C(OC3CCCCO3)OCCC12. The van der Waals surface area contributed by atoms with Crippen LogP contribution in [0.25, 0.3) is 0 Å². The molecule has 6 nitrogen and oxygen atoms in total. The highest BCUT2D eigenvalue weighted by molar-refractivity contribution is 5.90. The van der Waals surface area contributed by atoms with E-state index in [0.717, 1.165) is 24.8 Å². The molecule has 0 aromatic rings. The van der Waals surface area contributed by atoms with Crippen LogP contribution in [0, 0.1) is 5.92 Å². The van der Waals surface area contributed by atoms with Crippen LogP contribution in [0.1, 0.15) is 25.7 Å². The van der Waals surface area contributed by atoms with Crippen LogP contribution in [-0.2, 0) is 19.0 Å². The van der Waals surface area contributed by atoms with E-state index < -0.39 is 12.3 Å². The van der Waals surface area contributed by atoms with Crippen LogP contribution in [0.15, 0.2) is 22.8 Å². The summed E-state index contributed by atoms with van der Waals surface area (Å²) in [6.07, 6.45) is 4.10. The molecule has 0 aromatic carbocycles. The van der Waals surface area contributed by atoms with Crippen LogP contribution in [0.2, 0.25) is 0 Å². The van der Waals surface area contributed by atoms with E-state index in [2.05, 4.69) is 0 Å². The van der Waals surface area contributed by atoms with E-state index in [0.29, 0.717) is 30.8 Å². The molecule has 6 heteroatoms. The fourth-order valence-electron chi connectivity index (χ4n) is 3.19. The van der Waals surface area contributed by atoms with Gasteiger partial charge in [0.25, 0.3) is 0 Å². The summed E-state index contributed by atoms with van der Waals surface area (Å²) in [7, 11) is 0. The molecule has 0 radical (unpaired) electrons. The first kappa shape index (κ1) is 14.7. The molecular formula is C15H20O6. The molecule has 3 aliphatic rings. The second kappa shape index (κ2) is 6.27. The zero-order valence-corrected chi connectivity index (χ0v) is 11.8. The monoisotopic (exact) mass is 296 g/mol. The van der Waals surface area contributed by atoms with Crippen molar-refractivity contribution in [2.24, 2.45) is 5.92 Å². The summed E-state index contributed by atoms with van der Waals surface area (Å²) < 4.78 is 17.1. The van der Waals surface area contributed by atoms with Gasteiger partial charge < -0.3 is 24.4 Å². The number of aliphatic hydroxyl groups is 1. The molecule has 116 valence electrons. The van der Waals surface area contributed by atoms with Crippen molar-refractivity contribution < 1.29 is 29.2 Å². The van der Waals surface area contributed by atoms with E-state index in [4.69, 9.17) is 14.2 Å². The number of carboxylic acid groups (broad SMARTS) is 1. The molecule has 0 spiro atoms. The maximum atomic E-state index is 11.3. The lowest BCUT2D eigenvalue weighted by Crippen LogP contribution is -2.37. The number of hydrogen-bond acceptors (Lipinski definition) is 5. The van der Waals surface area contributed by atoms with Crippen molar-refractivity contribution >= 4 is 5.97 Å². The number of carbonyl (C=O) groups is 1. The molecule has 3 rings (SSSR count). The molecule has 2 heterocycles. The predicted molar refractivity (Wildman–Crippen MR) is 72.4 cm³/mol. The highest BCUT2D eigenvalue weighted by Gasteiger charge is 2.40. The van der Waals surface area contributed by atoms with Crippen molar-refractivity contribution in [3.63, 3.8) is 0 Å². The quantitative estimate of drug-likeness (QED) is 0.811. The van der Waals surface area contributed by atoms with Gasteiger partial charge in [-0.15, -0.1) is 0 Å². The van der Waals surface area contributed by atoms with Crippen molar-refractivity contribution in [2.45, 2.75) is 38.3 Å². The van der Waals surface area contributed by atoms with Gasteiger partial charge in [-0.1, -0.05) is 0 Å². The van der Waals surface area contributed by atoms with Crippen LogP contribution in [0.4, 0.5) is 0 Å². The number of ether oxygens (including phenoxy) is 3. The molecule has 2 fully saturated rings. The van der Waals surface area contributed by atoms with Crippen LogP contribution in [-0.4, -0.2) is 48.6 Å². The van der Waals surface area contributed by atoms with Crippen LogP contribution >= 0.6 is 0 Å². The summed E-state index contributed by atoms with van der Waals surface area (Å²) in [4.78, 5) is 11.3. The van der Waals surface area contributed by atoms with Gasteiger partial charge in [-0.05, 0) is 42.9 Å². The highest BCUT2D eigenvalue weighted by Crippen LogP contribution is 2.41. The first-order chi connectivity index (χ1) is 10.2. The zero-order chi connectivity index (χ0) is 14.8. The summed E-state index contributed by atoms with van der Waals surface area (Å²) >= 11 is 0. The molecule has 0 saturated carbocycles. The lowest BCUT2D eigenvalue weighted by atomic mass is 9.89. The summed E-state index contributed by atoms with van der Waals surface area (Å²) in [6.45, 7) is 0.900. The van der Waals surface area contributed by atoms with E-state index in [9.17, 15) is 15.0 Å². The first-order valence-electron chi connectivity index (χ1n) is 7.38. The van der Waals surface area contributed by atoms with Crippen molar-refractivity contribution in [3.05, 3.63) is 22.8 Å². The van der Waals surface area contributed by atoms with E-state index in [1.165, 1.54) is 0 Å². The molecular weight excluding hydrogens is 276 g/mol. The fraction of sp³-hybridized carbons (Fsp3) is 0.667. The Bertz CT molecular complexity index is 475. The lowest BCUT2D eigenvalue weighted by molar-refractivity contribution is -0.250. The molecule has 3 unspecified atom stereocenters. The van der Waals surface area contributed by atoms with E-state index in [1.807, 2.05) is 0 Å². The molecule has 3 atom stereocenters. The maximum Gasteiger partial charge on any atom is 0.332 e. The number of carboxylic acids is 1. The number of fused-ring (bicyclic) bond motifs is 1. The summed E-state index contributed by atoms with van der Waals surface area (Å²) in [5.74, 6) is -1.18. The summed E-state index contributed by atoms with van der Waals surface area (Å²) in [5.41, 5.74) is 1.66. The minimum atomic E-state index is -0.949. The standard InChI is InChI=1S/C15H20O6/c16-8-9-7-11(14(17)18)10-4-6-20-15(13(9)10)21-12-3-1-2-5-19-12/h7,10,12,15-16H,1-6,8H2,(H,17,18). The van der Waals surface area contributed by atoms with Crippen LogP contribution in [0.5, 0.6) is 0 Å². The maximum absolute atomic E-state index is 11.3. The Morgan fingerprint density at radius 2 is 2.14 bits per heavy atom. The average molecular weight is 296 g/mol. The van der Waals surface area contributed by atoms with Gasteiger partial charge in [0, 0.05) is 18.1 Å². The van der Waals surface area contributed by atoms with Gasteiger partial charge in [-0.25, -0.2) is 4.79 Å². The van der Waals surface area contributed by atoms with Gasteiger partial charge in [0.2, 0.25) is 0 Å². The van der Waals surface area contributed by atoms with Gasteiger partial charge in [-0.2, -0.15) is 0 Å².